The van der Waals surface area contributed by atoms with Gasteiger partial charge in [-0.05, 0) is 36.0 Å². The minimum atomic E-state index is -0.505. The summed E-state index contributed by atoms with van der Waals surface area (Å²) in [4.78, 5) is 11.9. The molecule has 1 N–H and O–H groups in total. The van der Waals surface area contributed by atoms with Crippen LogP contribution in [0.5, 0.6) is 0 Å². The van der Waals surface area contributed by atoms with E-state index in [1.807, 2.05) is 6.07 Å². The van der Waals surface area contributed by atoms with Gasteiger partial charge in [0.05, 0.1) is 6.10 Å². The summed E-state index contributed by atoms with van der Waals surface area (Å²) < 4.78 is 0. The number of carbonyl (C=O) groups is 1. The smallest absolute Gasteiger partial charge is 0.161 e. The molecule has 2 heteroatoms. The molecule has 1 saturated carbocycles. The van der Waals surface area contributed by atoms with E-state index in [0.717, 1.165) is 6.42 Å². The molecule has 0 amide bonds. The van der Waals surface area contributed by atoms with Crippen LogP contribution in [-0.4, -0.2) is 17.0 Å². The van der Waals surface area contributed by atoms with E-state index in [1.165, 1.54) is 11.1 Å². The normalized spacial score (nSPS) is 38.8. The van der Waals surface area contributed by atoms with Crippen molar-refractivity contribution < 1.29 is 9.90 Å². The van der Waals surface area contributed by atoms with Crippen LogP contribution in [0.1, 0.15) is 29.9 Å². The summed E-state index contributed by atoms with van der Waals surface area (Å²) in [5.74, 6) is 0.171. The van der Waals surface area contributed by atoms with Gasteiger partial charge in [0.15, 0.2) is 5.78 Å². The van der Waals surface area contributed by atoms with Gasteiger partial charge < -0.3 is 5.11 Å². The highest BCUT2D eigenvalue weighted by Gasteiger charge is 2.50. The lowest BCUT2D eigenvalue weighted by atomic mass is 9.55. The second-order valence-corrected chi connectivity index (χ2v) is 5.98. The third-order valence-electron chi connectivity index (χ3n) is 5.03. The molecule has 3 aliphatic carbocycles. The molecular weight excluding hydrogens is 236 g/mol. The fourth-order valence-electron chi connectivity index (χ4n) is 4.00. The zero-order chi connectivity index (χ0) is 13.0. The Balaban J connectivity index is 1.90. The lowest BCUT2D eigenvalue weighted by molar-refractivity contribution is -0.126. The van der Waals surface area contributed by atoms with Crippen molar-refractivity contribution in [1.29, 1.82) is 0 Å². The summed E-state index contributed by atoms with van der Waals surface area (Å²) >= 11 is 0. The van der Waals surface area contributed by atoms with Gasteiger partial charge in [-0.15, -0.1) is 0 Å². The van der Waals surface area contributed by atoms with Gasteiger partial charge in [-0.2, -0.15) is 0 Å². The minimum absolute atomic E-state index is 0.0633. The van der Waals surface area contributed by atoms with Gasteiger partial charge in [0, 0.05) is 11.3 Å². The van der Waals surface area contributed by atoms with Crippen molar-refractivity contribution in [1.82, 2.24) is 0 Å². The van der Waals surface area contributed by atoms with Gasteiger partial charge in [0.2, 0.25) is 0 Å². The number of hydrogen-bond donors (Lipinski definition) is 1. The fraction of sp³-hybridized carbons (Fsp3) is 0.353. The Bertz CT molecular complexity index is 613. The summed E-state index contributed by atoms with van der Waals surface area (Å²) in [6.45, 7) is 0. The standard InChI is InChI=1S/C17H16O2/c18-15-6-8-17-7-5-11-3-1-2-4-12(11)14(17)9-16(19)13(15)10-17/h1-8,13-14,16,19H,9-10H2/t13?,14?,16?,17-/m1/s1. The van der Waals surface area contributed by atoms with Gasteiger partial charge >= 0.3 is 0 Å². The highest BCUT2D eigenvalue weighted by molar-refractivity contribution is 5.94. The van der Waals surface area contributed by atoms with Crippen molar-refractivity contribution in [3.63, 3.8) is 0 Å². The molecule has 96 valence electrons. The first kappa shape index (κ1) is 11.2. The average Bonchev–Trinajstić information content (AvgIpc) is 2.44. The molecule has 1 aromatic carbocycles. The van der Waals surface area contributed by atoms with Gasteiger partial charge in [-0.3, -0.25) is 4.79 Å². The number of ketones is 1. The van der Waals surface area contributed by atoms with Crippen LogP contribution >= 0.6 is 0 Å². The van der Waals surface area contributed by atoms with Crippen LogP contribution in [0.2, 0.25) is 0 Å². The van der Waals surface area contributed by atoms with E-state index < -0.39 is 6.10 Å². The van der Waals surface area contributed by atoms with Gasteiger partial charge in [-0.25, -0.2) is 0 Å². The predicted molar refractivity (Wildman–Crippen MR) is 73.5 cm³/mol. The second-order valence-electron chi connectivity index (χ2n) is 5.98. The molecule has 0 saturated heterocycles. The fourth-order valence-corrected chi connectivity index (χ4v) is 4.00. The third kappa shape index (κ3) is 1.44. The maximum absolute atomic E-state index is 11.9. The lowest BCUT2D eigenvalue weighted by Gasteiger charge is -2.49. The highest BCUT2D eigenvalue weighted by Crippen LogP contribution is 2.56. The first-order valence-electron chi connectivity index (χ1n) is 6.89. The predicted octanol–water partition coefficient (Wildman–Crippen LogP) is 2.69. The Morgan fingerprint density at radius 2 is 1.95 bits per heavy atom. The topological polar surface area (TPSA) is 37.3 Å². The van der Waals surface area contributed by atoms with Crippen molar-refractivity contribution in [3.05, 3.63) is 53.6 Å². The van der Waals surface area contributed by atoms with Crippen molar-refractivity contribution in [2.75, 3.05) is 0 Å². The van der Waals surface area contributed by atoms with Crippen LogP contribution in [-0.2, 0) is 4.79 Å². The summed E-state index contributed by atoms with van der Waals surface area (Å²) in [5.41, 5.74) is 2.49. The Morgan fingerprint density at radius 1 is 1.16 bits per heavy atom. The number of benzene rings is 1. The lowest BCUT2D eigenvalue weighted by Crippen LogP contribution is -2.46. The van der Waals surface area contributed by atoms with Gasteiger partial charge in [-0.1, -0.05) is 42.5 Å². The first-order valence-corrected chi connectivity index (χ1v) is 6.89. The summed E-state index contributed by atoms with van der Waals surface area (Å²) in [5, 5.41) is 10.3. The zero-order valence-electron chi connectivity index (χ0n) is 10.6. The molecule has 2 bridgehead atoms. The van der Waals surface area contributed by atoms with E-state index in [0.29, 0.717) is 12.3 Å². The molecule has 1 fully saturated rings. The molecule has 1 spiro atoms. The number of carbonyl (C=O) groups excluding carboxylic acids is 1. The summed E-state index contributed by atoms with van der Waals surface area (Å²) in [6, 6.07) is 8.38. The molecule has 19 heavy (non-hydrogen) atoms. The van der Waals surface area contributed by atoms with Crippen molar-refractivity contribution in [2.45, 2.75) is 24.9 Å². The van der Waals surface area contributed by atoms with Crippen molar-refractivity contribution in [2.24, 2.45) is 11.3 Å². The van der Waals surface area contributed by atoms with Crippen LogP contribution in [0, 0.1) is 11.3 Å². The Morgan fingerprint density at radius 3 is 2.84 bits per heavy atom. The average molecular weight is 252 g/mol. The molecule has 1 aromatic rings. The monoisotopic (exact) mass is 252 g/mol. The van der Waals surface area contributed by atoms with E-state index in [9.17, 15) is 9.90 Å². The maximum Gasteiger partial charge on any atom is 0.161 e. The molecular formula is C17H16O2. The molecule has 0 heterocycles. The van der Waals surface area contributed by atoms with E-state index >= 15 is 0 Å². The third-order valence-corrected chi connectivity index (χ3v) is 5.03. The Hall–Kier alpha value is -1.67. The molecule has 4 atom stereocenters. The van der Waals surface area contributed by atoms with Crippen LogP contribution in [0.3, 0.4) is 0 Å². The van der Waals surface area contributed by atoms with E-state index in [1.54, 1.807) is 6.08 Å². The summed E-state index contributed by atoms with van der Waals surface area (Å²) in [7, 11) is 0. The molecule has 3 aliphatic rings. The largest absolute Gasteiger partial charge is 0.392 e. The van der Waals surface area contributed by atoms with Crippen LogP contribution in [0.15, 0.2) is 42.5 Å². The SMILES string of the molecule is O=C1C=C[C@@]23C=Cc4ccccc4C2CC(O)C1C3. The Labute approximate surface area is 112 Å². The van der Waals surface area contributed by atoms with E-state index in [2.05, 4.69) is 36.4 Å². The highest BCUT2D eigenvalue weighted by atomic mass is 16.3. The summed E-state index contributed by atoms with van der Waals surface area (Å²) in [6.07, 6.45) is 9.08. The molecule has 0 aromatic heterocycles. The number of allylic oxidation sites excluding steroid dienone is 3. The number of aliphatic hydroxyl groups is 1. The first-order chi connectivity index (χ1) is 9.20. The van der Waals surface area contributed by atoms with Crippen LogP contribution in [0.25, 0.3) is 6.08 Å². The van der Waals surface area contributed by atoms with Gasteiger partial charge in [0.1, 0.15) is 0 Å². The number of aliphatic hydroxyl groups excluding tert-OH is 1. The van der Waals surface area contributed by atoms with E-state index in [-0.39, 0.29) is 17.1 Å². The Kier molecular flexibility index (Phi) is 2.16. The van der Waals surface area contributed by atoms with Crippen LogP contribution in [0.4, 0.5) is 0 Å². The molecule has 2 nitrogen and oxygen atoms in total. The van der Waals surface area contributed by atoms with Crippen molar-refractivity contribution >= 4 is 11.9 Å². The minimum Gasteiger partial charge on any atom is -0.392 e. The van der Waals surface area contributed by atoms with Crippen LogP contribution < -0.4 is 0 Å². The molecule has 3 unspecified atom stereocenters. The molecule has 4 rings (SSSR count). The molecule has 0 aliphatic heterocycles. The van der Waals surface area contributed by atoms with Crippen molar-refractivity contribution in [3.8, 4) is 0 Å². The maximum atomic E-state index is 11.9. The second kappa shape index (κ2) is 3.67. The number of rotatable bonds is 0. The zero-order valence-corrected chi connectivity index (χ0v) is 10.6. The van der Waals surface area contributed by atoms with Gasteiger partial charge in [0.25, 0.3) is 0 Å². The number of hydrogen-bond acceptors (Lipinski definition) is 2. The quantitative estimate of drug-likeness (QED) is 0.770. The van der Waals surface area contributed by atoms with E-state index in [4.69, 9.17) is 0 Å². The number of fused-ring (bicyclic) bond motifs is 3. The molecule has 0 radical (unpaired) electrons.